The van der Waals surface area contributed by atoms with Gasteiger partial charge >= 0.3 is 0 Å². The third-order valence-electron chi connectivity index (χ3n) is 2.75. The van der Waals surface area contributed by atoms with Gasteiger partial charge in [-0.05, 0) is 30.7 Å². The average Bonchev–Trinajstić information content (AvgIpc) is 2.35. The zero-order valence-electron chi connectivity index (χ0n) is 9.94. The van der Waals surface area contributed by atoms with Crippen molar-refractivity contribution >= 4 is 21.6 Å². The molecule has 94 valence electrons. The van der Waals surface area contributed by atoms with Crippen LogP contribution in [0.4, 0.5) is 5.69 Å². The number of hydrogen-bond donors (Lipinski definition) is 3. The number of rotatable bonds is 3. The van der Waals surface area contributed by atoms with Gasteiger partial charge in [-0.3, -0.25) is 0 Å². The lowest BCUT2D eigenvalue weighted by Crippen LogP contribution is -1.99. The number of phenolic OH excluding ortho intramolecular Hbond substituents is 2. The van der Waals surface area contributed by atoms with Crippen molar-refractivity contribution in [2.45, 2.75) is 13.5 Å². The number of halogens is 1. The summed E-state index contributed by atoms with van der Waals surface area (Å²) in [6, 6.07) is 10.9. The van der Waals surface area contributed by atoms with E-state index in [1.165, 1.54) is 11.6 Å². The van der Waals surface area contributed by atoms with E-state index in [-0.39, 0.29) is 11.5 Å². The first-order chi connectivity index (χ1) is 8.58. The number of phenols is 2. The molecule has 3 N–H and O–H groups in total. The predicted octanol–water partition coefficient (Wildman–Crippen LogP) is 3.78. The SMILES string of the molecule is Cc1ccc(NCc2cccc(O)c2O)cc1Br. The summed E-state index contributed by atoms with van der Waals surface area (Å²) >= 11 is 3.47. The van der Waals surface area contributed by atoms with E-state index in [0.717, 1.165) is 10.2 Å². The van der Waals surface area contributed by atoms with Gasteiger partial charge < -0.3 is 15.5 Å². The van der Waals surface area contributed by atoms with Crippen LogP contribution in [-0.2, 0) is 6.54 Å². The van der Waals surface area contributed by atoms with Crippen molar-refractivity contribution in [1.82, 2.24) is 0 Å². The molecule has 0 aromatic heterocycles. The molecule has 2 aromatic carbocycles. The fourth-order valence-electron chi connectivity index (χ4n) is 1.62. The van der Waals surface area contributed by atoms with Crippen LogP contribution in [-0.4, -0.2) is 10.2 Å². The van der Waals surface area contributed by atoms with Gasteiger partial charge in [-0.15, -0.1) is 0 Å². The van der Waals surface area contributed by atoms with Gasteiger partial charge in [0.1, 0.15) is 0 Å². The van der Waals surface area contributed by atoms with Crippen LogP contribution in [0.3, 0.4) is 0 Å². The van der Waals surface area contributed by atoms with Crippen molar-refractivity contribution in [3.63, 3.8) is 0 Å². The maximum Gasteiger partial charge on any atom is 0.162 e. The minimum atomic E-state index is -0.0978. The summed E-state index contributed by atoms with van der Waals surface area (Å²) in [6.07, 6.45) is 0. The Morgan fingerprint density at radius 2 is 1.94 bits per heavy atom. The molecule has 0 radical (unpaired) electrons. The van der Waals surface area contributed by atoms with Gasteiger partial charge in [0.05, 0.1) is 0 Å². The number of aryl methyl sites for hydroxylation is 1. The number of benzene rings is 2. The van der Waals surface area contributed by atoms with Crippen LogP contribution < -0.4 is 5.32 Å². The molecule has 0 bridgehead atoms. The van der Waals surface area contributed by atoms with E-state index in [1.807, 2.05) is 25.1 Å². The standard InChI is InChI=1S/C14H14BrNO2/c1-9-5-6-11(7-12(9)15)16-8-10-3-2-4-13(17)14(10)18/h2-7,16-18H,8H2,1H3. The van der Waals surface area contributed by atoms with Crippen molar-refractivity contribution in [2.75, 3.05) is 5.32 Å². The number of anilines is 1. The fraction of sp³-hybridized carbons (Fsp3) is 0.143. The number of nitrogens with one attached hydrogen (secondary N) is 1. The van der Waals surface area contributed by atoms with E-state index in [0.29, 0.717) is 12.1 Å². The van der Waals surface area contributed by atoms with Crippen LogP contribution in [0.15, 0.2) is 40.9 Å². The minimum Gasteiger partial charge on any atom is -0.504 e. The van der Waals surface area contributed by atoms with Crippen molar-refractivity contribution < 1.29 is 10.2 Å². The molecule has 2 rings (SSSR count). The second-order valence-corrected chi connectivity index (χ2v) is 4.96. The summed E-state index contributed by atoms with van der Waals surface area (Å²) in [7, 11) is 0. The molecule has 4 heteroatoms. The number of aromatic hydroxyl groups is 2. The van der Waals surface area contributed by atoms with Crippen molar-refractivity contribution in [3.8, 4) is 11.5 Å². The summed E-state index contributed by atoms with van der Waals surface area (Å²) in [5.74, 6) is -0.171. The molecule has 0 atom stereocenters. The van der Waals surface area contributed by atoms with Gasteiger partial charge in [0.2, 0.25) is 0 Å². The van der Waals surface area contributed by atoms with Gasteiger partial charge in [0.25, 0.3) is 0 Å². The van der Waals surface area contributed by atoms with E-state index in [9.17, 15) is 10.2 Å². The molecule has 18 heavy (non-hydrogen) atoms. The topological polar surface area (TPSA) is 52.5 Å². The lowest BCUT2D eigenvalue weighted by Gasteiger charge is -2.10. The molecular weight excluding hydrogens is 294 g/mol. The zero-order valence-corrected chi connectivity index (χ0v) is 11.5. The molecule has 3 nitrogen and oxygen atoms in total. The lowest BCUT2D eigenvalue weighted by atomic mass is 10.1. The maximum absolute atomic E-state index is 9.68. The predicted molar refractivity (Wildman–Crippen MR) is 76.0 cm³/mol. The highest BCUT2D eigenvalue weighted by atomic mass is 79.9. The van der Waals surface area contributed by atoms with E-state index in [1.54, 1.807) is 12.1 Å². The van der Waals surface area contributed by atoms with Gasteiger partial charge in [0.15, 0.2) is 11.5 Å². The van der Waals surface area contributed by atoms with Crippen LogP contribution in [0.5, 0.6) is 11.5 Å². The Kier molecular flexibility index (Phi) is 3.77. The second-order valence-electron chi connectivity index (χ2n) is 4.10. The first-order valence-electron chi connectivity index (χ1n) is 5.58. The van der Waals surface area contributed by atoms with E-state index in [4.69, 9.17) is 0 Å². The maximum atomic E-state index is 9.68. The van der Waals surface area contributed by atoms with E-state index in [2.05, 4.69) is 21.2 Å². The fourth-order valence-corrected chi connectivity index (χ4v) is 2.00. The first kappa shape index (κ1) is 12.8. The number of para-hydroxylation sites is 1. The van der Waals surface area contributed by atoms with Crippen LogP contribution >= 0.6 is 15.9 Å². The summed E-state index contributed by atoms with van der Waals surface area (Å²) in [4.78, 5) is 0. The molecular formula is C14H14BrNO2. The Labute approximate surface area is 114 Å². The Hall–Kier alpha value is -1.68. The highest BCUT2D eigenvalue weighted by Crippen LogP contribution is 2.29. The van der Waals surface area contributed by atoms with Gasteiger partial charge in [-0.2, -0.15) is 0 Å². The minimum absolute atomic E-state index is 0.0730. The van der Waals surface area contributed by atoms with Gasteiger partial charge in [0, 0.05) is 22.3 Å². The highest BCUT2D eigenvalue weighted by Gasteiger charge is 2.05. The third-order valence-corrected chi connectivity index (χ3v) is 3.61. The third kappa shape index (κ3) is 2.76. The second kappa shape index (κ2) is 5.31. The van der Waals surface area contributed by atoms with Gasteiger partial charge in [-0.1, -0.05) is 34.1 Å². The van der Waals surface area contributed by atoms with Crippen molar-refractivity contribution in [3.05, 3.63) is 52.0 Å². The Morgan fingerprint density at radius 3 is 2.67 bits per heavy atom. The van der Waals surface area contributed by atoms with Crippen LogP contribution in [0.2, 0.25) is 0 Å². The Bertz CT molecular complexity index is 570. The van der Waals surface area contributed by atoms with Crippen molar-refractivity contribution in [2.24, 2.45) is 0 Å². The molecule has 2 aromatic rings. The quantitative estimate of drug-likeness (QED) is 0.756. The van der Waals surface area contributed by atoms with Crippen LogP contribution in [0.1, 0.15) is 11.1 Å². The molecule has 0 saturated carbocycles. The van der Waals surface area contributed by atoms with Crippen LogP contribution in [0, 0.1) is 6.92 Å². The smallest absolute Gasteiger partial charge is 0.162 e. The molecule has 0 unspecified atom stereocenters. The molecule has 0 aliphatic heterocycles. The molecule has 0 aliphatic carbocycles. The summed E-state index contributed by atoms with van der Waals surface area (Å²) in [6.45, 7) is 2.48. The van der Waals surface area contributed by atoms with Crippen molar-refractivity contribution in [1.29, 1.82) is 0 Å². The Balaban J connectivity index is 2.11. The summed E-state index contributed by atoms with van der Waals surface area (Å²) < 4.78 is 1.03. The lowest BCUT2D eigenvalue weighted by molar-refractivity contribution is 0.400. The molecule has 0 spiro atoms. The molecule has 0 aliphatic rings. The summed E-state index contributed by atoms with van der Waals surface area (Å²) in [5.41, 5.74) is 2.78. The summed E-state index contributed by atoms with van der Waals surface area (Å²) in [5, 5.41) is 22.3. The molecule has 0 amide bonds. The van der Waals surface area contributed by atoms with Gasteiger partial charge in [-0.25, -0.2) is 0 Å². The normalized spacial score (nSPS) is 10.3. The Morgan fingerprint density at radius 1 is 1.17 bits per heavy atom. The van der Waals surface area contributed by atoms with Crippen LogP contribution in [0.25, 0.3) is 0 Å². The molecule has 0 saturated heterocycles. The first-order valence-corrected chi connectivity index (χ1v) is 6.37. The largest absolute Gasteiger partial charge is 0.504 e. The zero-order chi connectivity index (χ0) is 13.1. The monoisotopic (exact) mass is 307 g/mol. The molecule has 0 fully saturated rings. The van der Waals surface area contributed by atoms with E-state index >= 15 is 0 Å². The average molecular weight is 308 g/mol. The highest BCUT2D eigenvalue weighted by molar-refractivity contribution is 9.10. The molecule has 0 heterocycles. The van der Waals surface area contributed by atoms with E-state index < -0.39 is 0 Å². The number of hydrogen-bond acceptors (Lipinski definition) is 3.